The Balaban J connectivity index is 1.43. The molecular weight excluding hydrogens is 473 g/mol. The molecule has 2 heterocycles. The SMILES string of the molecule is CCOC(=O)C1CCN(C(=O)c2coc(CN(Cc3ccc(F)cc3)Cc3ccc(C)cc3C)n2)CC1. The number of ether oxygens (including phenoxy) is 1. The van der Waals surface area contributed by atoms with Crippen molar-refractivity contribution in [2.75, 3.05) is 19.7 Å². The molecule has 0 aliphatic carbocycles. The standard InChI is InChI=1S/C29H34FN3O4/c1-4-36-29(35)23-11-13-33(14-12-23)28(34)26-19-37-27(31-26)18-32(16-22-6-9-25(30)10-7-22)17-24-8-5-20(2)15-21(24)3/h5-10,15,19,23H,4,11-14,16-18H2,1-3H3. The van der Waals surface area contributed by atoms with Gasteiger partial charge in [0.1, 0.15) is 12.1 Å². The molecule has 1 amide bonds. The molecule has 4 rings (SSSR count). The Morgan fingerprint density at radius 3 is 2.49 bits per heavy atom. The molecule has 0 unspecified atom stereocenters. The topological polar surface area (TPSA) is 75.9 Å². The monoisotopic (exact) mass is 507 g/mol. The Morgan fingerprint density at radius 2 is 1.81 bits per heavy atom. The van der Waals surface area contributed by atoms with Gasteiger partial charge in [-0.25, -0.2) is 9.37 Å². The molecule has 0 bridgehead atoms. The summed E-state index contributed by atoms with van der Waals surface area (Å²) in [4.78, 5) is 33.4. The predicted molar refractivity (Wildman–Crippen MR) is 137 cm³/mol. The van der Waals surface area contributed by atoms with Crippen LogP contribution in [0.4, 0.5) is 4.39 Å². The zero-order valence-electron chi connectivity index (χ0n) is 21.7. The highest BCUT2D eigenvalue weighted by Gasteiger charge is 2.30. The van der Waals surface area contributed by atoms with Crippen molar-refractivity contribution >= 4 is 11.9 Å². The quantitative estimate of drug-likeness (QED) is 0.378. The highest BCUT2D eigenvalue weighted by molar-refractivity contribution is 5.92. The van der Waals surface area contributed by atoms with Crippen molar-refractivity contribution in [3.8, 4) is 0 Å². The lowest BCUT2D eigenvalue weighted by atomic mass is 9.97. The highest BCUT2D eigenvalue weighted by Crippen LogP contribution is 2.22. The first kappa shape index (κ1) is 26.5. The molecule has 1 aliphatic rings. The molecule has 8 heteroatoms. The third kappa shape index (κ3) is 7.04. The summed E-state index contributed by atoms with van der Waals surface area (Å²) in [6.07, 6.45) is 2.57. The van der Waals surface area contributed by atoms with E-state index in [2.05, 4.69) is 41.9 Å². The van der Waals surface area contributed by atoms with Gasteiger partial charge in [-0.15, -0.1) is 0 Å². The van der Waals surface area contributed by atoms with Gasteiger partial charge >= 0.3 is 5.97 Å². The number of hydrogen-bond donors (Lipinski definition) is 0. The number of hydrogen-bond acceptors (Lipinski definition) is 6. The highest BCUT2D eigenvalue weighted by atomic mass is 19.1. The van der Waals surface area contributed by atoms with Gasteiger partial charge < -0.3 is 14.1 Å². The molecule has 37 heavy (non-hydrogen) atoms. The largest absolute Gasteiger partial charge is 0.466 e. The first-order valence-corrected chi connectivity index (χ1v) is 12.8. The fraction of sp³-hybridized carbons (Fsp3) is 0.414. The minimum absolute atomic E-state index is 0.165. The number of halogens is 1. The second-order valence-corrected chi connectivity index (χ2v) is 9.65. The molecule has 1 aliphatic heterocycles. The number of rotatable bonds is 9. The number of oxazole rings is 1. The number of carbonyl (C=O) groups excluding carboxylic acids is 2. The van der Waals surface area contributed by atoms with Crippen molar-refractivity contribution in [1.82, 2.24) is 14.8 Å². The van der Waals surface area contributed by atoms with Crippen LogP contribution in [0.1, 0.15) is 58.4 Å². The van der Waals surface area contributed by atoms with Crippen LogP contribution in [0.5, 0.6) is 0 Å². The van der Waals surface area contributed by atoms with Gasteiger partial charge in [-0.3, -0.25) is 14.5 Å². The van der Waals surface area contributed by atoms with Crippen LogP contribution in [0.3, 0.4) is 0 Å². The van der Waals surface area contributed by atoms with Crippen LogP contribution < -0.4 is 0 Å². The number of esters is 1. The fourth-order valence-corrected chi connectivity index (χ4v) is 4.69. The van der Waals surface area contributed by atoms with E-state index < -0.39 is 0 Å². The molecule has 0 spiro atoms. The molecule has 1 aromatic heterocycles. The molecule has 7 nitrogen and oxygen atoms in total. The molecule has 1 saturated heterocycles. The van der Waals surface area contributed by atoms with Crippen LogP contribution in [0.2, 0.25) is 0 Å². The summed E-state index contributed by atoms with van der Waals surface area (Å²) in [5, 5.41) is 0. The van der Waals surface area contributed by atoms with Gasteiger partial charge in [0, 0.05) is 26.2 Å². The Morgan fingerprint density at radius 1 is 1.08 bits per heavy atom. The molecule has 0 radical (unpaired) electrons. The Labute approximate surface area is 217 Å². The van der Waals surface area contributed by atoms with Crippen molar-refractivity contribution < 1.29 is 23.1 Å². The first-order chi connectivity index (χ1) is 17.8. The molecule has 0 saturated carbocycles. The average Bonchev–Trinajstić information content (AvgIpc) is 3.35. The van der Waals surface area contributed by atoms with E-state index in [1.165, 1.54) is 35.1 Å². The Hall–Kier alpha value is -3.52. The van der Waals surface area contributed by atoms with E-state index in [9.17, 15) is 14.0 Å². The third-order valence-electron chi connectivity index (χ3n) is 6.74. The van der Waals surface area contributed by atoms with Gasteiger partial charge in [-0.05, 0) is 62.4 Å². The summed E-state index contributed by atoms with van der Waals surface area (Å²) >= 11 is 0. The van der Waals surface area contributed by atoms with Gasteiger partial charge in [0.25, 0.3) is 5.91 Å². The van der Waals surface area contributed by atoms with E-state index in [0.29, 0.717) is 58.1 Å². The van der Waals surface area contributed by atoms with Crippen LogP contribution in [0, 0.1) is 25.6 Å². The lowest BCUT2D eigenvalue weighted by Crippen LogP contribution is -2.40. The van der Waals surface area contributed by atoms with Crippen molar-refractivity contribution in [2.24, 2.45) is 5.92 Å². The maximum Gasteiger partial charge on any atom is 0.309 e. The van der Waals surface area contributed by atoms with Crippen LogP contribution in [0.25, 0.3) is 0 Å². The van der Waals surface area contributed by atoms with E-state index >= 15 is 0 Å². The summed E-state index contributed by atoms with van der Waals surface area (Å²) in [7, 11) is 0. The molecule has 2 aromatic carbocycles. The number of aryl methyl sites for hydroxylation is 2. The van der Waals surface area contributed by atoms with Crippen LogP contribution in [-0.4, -0.2) is 46.4 Å². The van der Waals surface area contributed by atoms with Gasteiger partial charge in [0.2, 0.25) is 5.89 Å². The van der Waals surface area contributed by atoms with Gasteiger partial charge in [-0.1, -0.05) is 35.9 Å². The number of amides is 1. The molecule has 0 N–H and O–H groups in total. The zero-order chi connectivity index (χ0) is 26.4. The van der Waals surface area contributed by atoms with Crippen LogP contribution in [0.15, 0.2) is 53.1 Å². The molecule has 196 valence electrons. The summed E-state index contributed by atoms with van der Waals surface area (Å²) in [6.45, 7) is 8.88. The van der Waals surface area contributed by atoms with Gasteiger partial charge in [0.05, 0.1) is 19.1 Å². The minimum Gasteiger partial charge on any atom is -0.466 e. The first-order valence-electron chi connectivity index (χ1n) is 12.8. The maximum absolute atomic E-state index is 13.4. The predicted octanol–water partition coefficient (Wildman–Crippen LogP) is 5.05. The second-order valence-electron chi connectivity index (χ2n) is 9.65. The minimum atomic E-state index is -0.271. The van der Waals surface area contributed by atoms with Crippen molar-refractivity contribution in [3.05, 3.63) is 88.4 Å². The van der Waals surface area contributed by atoms with E-state index in [0.717, 1.165) is 5.56 Å². The average molecular weight is 508 g/mol. The smallest absolute Gasteiger partial charge is 0.309 e. The van der Waals surface area contributed by atoms with E-state index in [1.54, 1.807) is 24.0 Å². The normalized spacial score (nSPS) is 14.2. The summed E-state index contributed by atoms with van der Waals surface area (Å²) < 4.78 is 24.3. The molecule has 3 aromatic rings. The second kappa shape index (κ2) is 12.1. The maximum atomic E-state index is 13.4. The summed E-state index contributed by atoms with van der Waals surface area (Å²) in [5.74, 6) is -0.384. The fourth-order valence-electron chi connectivity index (χ4n) is 4.69. The van der Waals surface area contributed by atoms with Crippen LogP contribution in [-0.2, 0) is 29.2 Å². The molecular formula is C29H34FN3O4. The Bertz CT molecular complexity index is 1220. The van der Waals surface area contributed by atoms with E-state index in [4.69, 9.17) is 9.15 Å². The number of benzene rings is 2. The van der Waals surface area contributed by atoms with Gasteiger partial charge in [0.15, 0.2) is 5.69 Å². The molecule has 1 fully saturated rings. The summed E-state index contributed by atoms with van der Waals surface area (Å²) in [6, 6.07) is 12.8. The number of nitrogens with zero attached hydrogens (tertiary/aromatic N) is 3. The third-order valence-corrected chi connectivity index (χ3v) is 6.74. The number of piperidine rings is 1. The van der Waals surface area contributed by atoms with E-state index in [1.807, 2.05) is 0 Å². The number of carbonyl (C=O) groups is 2. The molecule has 0 atom stereocenters. The van der Waals surface area contributed by atoms with Crippen molar-refractivity contribution in [1.29, 1.82) is 0 Å². The van der Waals surface area contributed by atoms with Crippen molar-refractivity contribution in [3.63, 3.8) is 0 Å². The number of likely N-dealkylation sites (tertiary alicyclic amines) is 1. The van der Waals surface area contributed by atoms with E-state index in [-0.39, 0.29) is 29.3 Å². The van der Waals surface area contributed by atoms with Crippen LogP contribution >= 0.6 is 0 Å². The lowest BCUT2D eigenvalue weighted by molar-refractivity contribution is -0.149. The summed E-state index contributed by atoms with van der Waals surface area (Å²) in [5.41, 5.74) is 4.81. The van der Waals surface area contributed by atoms with Crippen molar-refractivity contribution in [2.45, 2.75) is 53.2 Å². The Kier molecular flexibility index (Phi) is 8.71. The number of aromatic nitrogens is 1. The zero-order valence-corrected chi connectivity index (χ0v) is 21.7. The lowest BCUT2D eigenvalue weighted by Gasteiger charge is -2.30. The van der Waals surface area contributed by atoms with Gasteiger partial charge in [-0.2, -0.15) is 0 Å².